The lowest BCUT2D eigenvalue weighted by Gasteiger charge is -2.50. The Labute approximate surface area is 150 Å². The van der Waals surface area contributed by atoms with Crippen LogP contribution in [-0.2, 0) is 9.47 Å². The summed E-state index contributed by atoms with van der Waals surface area (Å²) in [5.74, 6) is 1.11. The van der Waals surface area contributed by atoms with E-state index in [-0.39, 0.29) is 17.3 Å². The molecular weight excluding hydrogens is 312 g/mol. The maximum atomic E-state index is 6.39. The Morgan fingerprint density at radius 2 is 1.84 bits per heavy atom. The Morgan fingerprint density at radius 3 is 2.56 bits per heavy atom. The summed E-state index contributed by atoms with van der Waals surface area (Å²) in [5, 5.41) is 4.50. The number of pyridine rings is 1. The van der Waals surface area contributed by atoms with E-state index in [2.05, 4.69) is 51.1 Å². The van der Waals surface area contributed by atoms with Crippen molar-refractivity contribution in [2.24, 2.45) is 11.3 Å². The molecule has 0 spiro atoms. The standard InChI is InChI=1S/C21H30N2O2/c1-20(2)14-24-19(25-21(20,3)4)16-10-8-15(9-11-16)17-13-22-23-12-6-5-7-18(17)23/h5-7,12-13,15-16,19H,8-11,14H2,1-4H3/t15-,16-,19?. The van der Waals surface area contributed by atoms with Gasteiger partial charge in [0.1, 0.15) is 0 Å². The highest BCUT2D eigenvalue weighted by molar-refractivity contribution is 5.55. The van der Waals surface area contributed by atoms with Crippen LogP contribution in [0.3, 0.4) is 0 Å². The smallest absolute Gasteiger partial charge is 0.161 e. The molecule has 1 aliphatic carbocycles. The number of hydrogen-bond acceptors (Lipinski definition) is 3. The van der Waals surface area contributed by atoms with E-state index in [1.165, 1.54) is 23.9 Å². The molecule has 2 aromatic heterocycles. The molecule has 1 atom stereocenters. The molecule has 25 heavy (non-hydrogen) atoms. The van der Waals surface area contributed by atoms with Crippen LogP contribution in [-0.4, -0.2) is 28.1 Å². The Morgan fingerprint density at radius 1 is 1.08 bits per heavy atom. The molecule has 3 heterocycles. The largest absolute Gasteiger partial charge is 0.352 e. The summed E-state index contributed by atoms with van der Waals surface area (Å²) in [6.45, 7) is 9.63. The summed E-state index contributed by atoms with van der Waals surface area (Å²) in [6, 6.07) is 6.30. The predicted octanol–water partition coefficient (Wildman–Crippen LogP) is 4.79. The van der Waals surface area contributed by atoms with Crippen molar-refractivity contribution in [1.82, 2.24) is 9.61 Å². The lowest BCUT2D eigenvalue weighted by Crippen LogP contribution is -2.54. The number of ether oxygens (including phenoxy) is 2. The van der Waals surface area contributed by atoms with Gasteiger partial charge in [-0.3, -0.25) is 0 Å². The third-order valence-corrected chi connectivity index (χ3v) is 6.70. The highest BCUT2D eigenvalue weighted by atomic mass is 16.7. The molecule has 1 saturated heterocycles. The van der Waals surface area contributed by atoms with Crippen molar-refractivity contribution in [3.63, 3.8) is 0 Å². The van der Waals surface area contributed by atoms with Gasteiger partial charge in [0, 0.05) is 23.1 Å². The Balaban J connectivity index is 1.42. The summed E-state index contributed by atoms with van der Waals surface area (Å²) in [5.41, 5.74) is 2.55. The molecule has 0 bridgehead atoms. The van der Waals surface area contributed by atoms with Crippen molar-refractivity contribution in [2.45, 2.75) is 71.2 Å². The van der Waals surface area contributed by atoms with Crippen LogP contribution in [0.5, 0.6) is 0 Å². The molecule has 1 saturated carbocycles. The lowest BCUT2D eigenvalue weighted by atomic mass is 9.75. The maximum Gasteiger partial charge on any atom is 0.161 e. The van der Waals surface area contributed by atoms with Gasteiger partial charge in [-0.1, -0.05) is 19.9 Å². The second-order valence-electron chi connectivity index (χ2n) is 8.93. The van der Waals surface area contributed by atoms with Gasteiger partial charge in [0.05, 0.1) is 23.9 Å². The van der Waals surface area contributed by atoms with Gasteiger partial charge in [-0.05, 0) is 57.6 Å². The Bertz CT molecular complexity index is 741. The average Bonchev–Trinajstić information content (AvgIpc) is 3.02. The van der Waals surface area contributed by atoms with Crippen LogP contribution in [0.15, 0.2) is 30.6 Å². The highest BCUT2D eigenvalue weighted by Crippen LogP contribution is 2.45. The summed E-state index contributed by atoms with van der Waals surface area (Å²) in [6.07, 6.45) is 8.73. The first-order valence-corrected chi connectivity index (χ1v) is 9.59. The van der Waals surface area contributed by atoms with Gasteiger partial charge < -0.3 is 9.47 Å². The van der Waals surface area contributed by atoms with E-state index in [1.54, 1.807) is 0 Å². The van der Waals surface area contributed by atoms with Crippen molar-refractivity contribution in [1.29, 1.82) is 0 Å². The fraction of sp³-hybridized carbons (Fsp3) is 0.667. The number of rotatable bonds is 2. The molecule has 1 unspecified atom stereocenters. The summed E-state index contributed by atoms with van der Waals surface area (Å²) >= 11 is 0. The third kappa shape index (κ3) is 3.00. The second-order valence-corrected chi connectivity index (χ2v) is 8.93. The van der Waals surface area contributed by atoms with Crippen LogP contribution in [0.4, 0.5) is 0 Å². The van der Waals surface area contributed by atoms with E-state index in [9.17, 15) is 0 Å². The topological polar surface area (TPSA) is 35.8 Å². The van der Waals surface area contributed by atoms with E-state index >= 15 is 0 Å². The normalized spacial score (nSPS) is 31.9. The van der Waals surface area contributed by atoms with E-state index in [0.29, 0.717) is 11.8 Å². The molecule has 2 aromatic rings. The summed E-state index contributed by atoms with van der Waals surface area (Å²) in [4.78, 5) is 0. The third-order valence-electron chi connectivity index (χ3n) is 6.70. The molecule has 0 radical (unpaired) electrons. The summed E-state index contributed by atoms with van der Waals surface area (Å²) in [7, 11) is 0. The SMILES string of the molecule is CC1(C)COC([C@H]2CC[C@H](c3cnn4ccccc34)CC2)OC1(C)C. The van der Waals surface area contributed by atoms with Gasteiger partial charge in [0.25, 0.3) is 0 Å². The molecule has 4 rings (SSSR count). The quantitative estimate of drug-likeness (QED) is 0.787. The van der Waals surface area contributed by atoms with Crippen LogP contribution in [0.1, 0.15) is 64.9 Å². The minimum atomic E-state index is -0.144. The first-order valence-electron chi connectivity index (χ1n) is 9.59. The predicted molar refractivity (Wildman–Crippen MR) is 98.6 cm³/mol. The zero-order valence-corrected chi connectivity index (χ0v) is 15.9. The van der Waals surface area contributed by atoms with Gasteiger partial charge in [-0.15, -0.1) is 0 Å². The van der Waals surface area contributed by atoms with Crippen molar-refractivity contribution >= 4 is 5.52 Å². The van der Waals surface area contributed by atoms with Crippen molar-refractivity contribution in [2.75, 3.05) is 6.61 Å². The molecule has 4 heteroatoms. The summed E-state index contributed by atoms with van der Waals surface area (Å²) < 4.78 is 14.5. The molecule has 1 aliphatic heterocycles. The number of fused-ring (bicyclic) bond motifs is 1. The highest BCUT2D eigenvalue weighted by Gasteiger charge is 2.46. The monoisotopic (exact) mass is 342 g/mol. The molecule has 136 valence electrons. The van der Waals surface area contributed by atoms with Crippen molar-refractivity contribution in [3.8, 4) is 0 Å². The number of aromatic nitrogens is 2. The van der Waals surface area contributed by atoms with Crippen LogP contribution >= 0.6 is 0 Å². The Hall–Kier alpha value is -1.39. The van der Waals surface area contributed by atoms with Gasteiger partial charge >= 0.3 is 0 Å². The van der Waals surface area contributed by atoms with E-state index < -0.39 is 0 Å². The minimum absolute atomic E-state index is 0.0483. The molecular formula is C21H30N2O2. The maximum absolute atomic E-state index is 6.39. The molecule has 0 amide bonds. The van der Waals surface area contributed by atoms with Gasteiger partial charge in [0.2, 0.25) is 0 Å². The van der Waals surface area contributed by atoms with E-state index in [1.807, 2.05) is 16.8 Å². The van der Waals surface area contributed by atoms with Crippen molar-refractivity contribution < 1.29 is 9.47 Å². The number of nitrogens with zero attached hydrogens (tertiary/aromatic N) is 2. The van der Waals surface area contributed by atoms with E-state index in [0.717, 1.165) is 19.4 Å². The molecule has 0 aromatic carbocycles. The average molecular weight is 342 g/mol. The molecule has 0 N–H and O–H groups in total. The lowest BCUT2D eigenvalue weighted by molar-refractivity contribution is -0.313. The minimum Gasteiger partial charge on any atom is -0.352 e. The zero-order chi connectivity index (χ0) is 17.7. The van der Waals surface area contributed by atoms with Crippen LogP contribution in [0.2, 0.25) is 0 Å². The molecule has 2 aliphatic rings. The van der Waals surface area contributed by atoms with Gasteiger partial charge in [-0.2, -0.15) is 5.10 Å². The van der Waals surface area contributed by atoms with Crippen LogP contribution < -0.4 is 0 Å². The van der Waals surface area contributed by atoms with E-state index in [4.69, 9.17) is 9.47 Å². The zero-order valence-electron chi connectivity index (χ0n) is 15.9. The first-order chi connectivity index (χ1) is 11.9. The van der Waals surface area contributed by atoms with Gasteiger partial charge in [0.15, 0.2) is 6.29 Å². The Kier molecular flexibility index (Phi) is 4.16. The van der Waals surface area contributed by atoms with Gasteiger partial charge in [-0.25, -0.2) is 4.52 Å². The fourth-order valence-electron chi connectivity index (χ4n) is 4.15. The molecule has 4 nitrogen and oxygen atoms in total. The van der Waals surface area contributed by atoms with Crippen LogP contribution in [0, 0.1) is 11.3 Å². The second kappa shape index (κ2) is 6.10. The van der Waals surface area contributed by atoms with Crippen LogP contribution in [0.25, 0.3) is 5.52 Å². The van der Waals surface area contributed by atoms with Crippen molar-refractivity contribution in [3.05, 3.63) is 36.2 Å². The first kappa shape index (κ1) is 17.0. The number of hydrogen-bond donors (Lipinski definition) is 0. The fourth-order valence-corrected chi connectivity index (χ4v) is 4.15. The molecule has 2 fully saturated rings.